The van der Waals surface area contributed by atoms with Crippen molar-refractivity contribution in [2.24, 2.45) is 4.99 Å². The molecule has 0 radical (unpaired) electrons. The number of guanidine groups is 1. The fraction of sp³-hybridized carbons (Fsp3) is 0.158. The number of halogens is 1. The van der Waals surface area contributed by atoms with Gasteiger partial charge in [-0.1, -0.05) is 17.7 Å². The minimum Gasteiger partial charge on any atom is -0.495 e. The lowest BCUT2D eigenvalue weighted by atomic mass is 10.3. The number of amides is 1. The highest BCUT2D eigenvalue weighted by atomic mass is 35.5. The van der Waals surface area contributed by atoms with E-state index in [-0.39, 0.29) is 17.8 Å². The number of ether oxygens (including phenoxy) is 1. The molecule has 9 heteroatoms. The van der Waals surface area contributed by atoms with Crippen molar-refractivity contribution in [2.75, 3.05) is 12.4 Å². The van der Waals surface area contributed by atoms with E-state index in [1.165, 1.54) is 11.3 Å². The Hall–Kier alpha value is -2.97. The summed E-state index contributed by atoms with van der Waals surface area (Å²) in [5, 5.41) is 8.15. The van der Waals surface area contributed by atoms with Gasteiger partial charge in [0, 0.05) is 16.4 Å². The molecule has 3 aromatic rings. The lowest BCUT2D eigenvalue weighted by Gasteiger charge is -2.14. The number of nitrogens with zero attached hydrogens (tertiary/aromatic N) is 3. The van der Waals surface area contributed by atoms with Crippen LogP contribution in [-0.2, 0) is 0 Å². The number of nitrogens with one attached hydrogen (secondary N) is 2. The van der Waals surface area contributed by atoms with Crippen LogP contribution in [0.15, 0.2) is 46.8 Å². The zero-order valence-corrected chi connectivity index (χ0v) is 17.1. The fourth-order valence-corrected chi connectivity index (χ4v) is 3.22. The summed E-state index contributed by atoms with van der Waals surface area (Å²) in [7, 11) is 1.54. The molecule has 1 aromatic carbocycles. The lowest BCUT2D eigenvalue weighted by Crippen LogP contribution is -2.35. The lowest BCUT2D eigenvalue weighted by molar-refractivity contribution is 0.0981. The number of methoxy groups -OCH3 is 1. The minimum absolute atomic E-state index is 0.156. The molecule has 2 aromatic heterocycles. The molecule has 2 heterocycles. The van der Waals surface area contributed by atoms with Crippen LogP contribution in [0.2, 0.25) is 5.02 Å². The standard InChI is InChI=1S/C19H18ClN5O2S/c1-11-9-12(2)22-18(21-11)25-19(24-17(26)16-5-4-8-28-16)23-14-10-13(20)6-7-15(14)27-3/h4-10H,1-3H3,(H2,21,22,23,24,25,26). The summed E-state index contributed by atoms with van der Waals surface area (Å²) in [4.78, 5) is 26.1. The number of carbonyl (C=O) groups is 1. The van der Waals surface area contributed by atoms with Crippen molar-refractivity contribution in [2.45, 2.75) is 13.8 Å². The number of aliphatic imine (C=N–C) groups is 1. The first kappa shape index (κ1) is 19.8. The second-order valence-corrected chi connectivity index (χ2v) is 7.20. The van der Waals surface area contributed by atoms with Crippen molar-refractivity contribution in [3.63, 3.8) is 0 Å². The van der Waals surface area contributed by atoms with E-state index in [9.17, 15) is 4.79 Å². The van der Waals surface area contributed by atoms with E-state index in [4.69, 9.17) is 16.3 Å². The monoisotopic (exact) mass is 415 g/mol. The Morgan fingerprint density at radius 1 is 1.18 bits per heavy atom. The Bertz CT molecular complexity index is 1000. The van der Waals surface area contributed by atoms with Gasteiger partial charge in [-0.2, -0.15) is 4.99 Å². The van der Waals surface area contributed by atoms with Gasteiger partial charge in [0.15, 0.2) is 0 Å². The maximum absolute atomic E-state index is 12.5. The van der Waals surface area contributed by atoms with Crippen molar-refractivity contribution in [1.82, 2.24) is 15.3 Å². The van der Waals surface area contributed by atoms with Gasteiger partial charge in [-0.3, -0.25) is 10.1 Å². The molecule has 0 atom stereocenters. The average Bonchev–Trinajstić information content (AvgIpc) is 3.16. The molecule has 0 bridgehead atoms. The second-order valence-electron chi connectivity index (χ2n) is 5.81. The highest BCUT2D eigenvalue weighted by molar-refractivity contribution is 7.12. The number of aryl methyl sites for hydroxylation is 2. The summed E-state index contributed by atoms with van der Waals surface area (Å²) in [6, 6.07) is 10.5. The van der Waals surface area contributed by atoms with Gasteiger partial charge in [0.05, 0.1) is 17.7 Å². The van der Waals surface area contributed by atoms with Crippen LogP contribution in [0.1, 0.15) is 21.1 Å². The van der Waals surface area contributed by atoms with E-state index < -0.39 is 0 Å². The number of hydrogen-bond acceptors (Lipinski definition) is 6. The smallest absolute Gasteiger partial charge is 0.268 e. The maximum atomic E-state index is 12.5. The number of aromatic nitrogens is 2. The third kappa shape index (κ3) is 5.05. The third-order valence-electron chi connectivity index (χ3n) is 3.57. The summed E-state index contributed by atoms with van der Waals surface area (Å²) < 4.78 is 5.35. The zero-order valence-electron chi connectivity index (χ0n) is 15.5. The molecule has 1 amide bonds. The van der Waals surface area contributed by atoms with E-state index in [0.717, 1.165) is 11.4 Å². The summed E-state index contributed by atoms with van der Waals surface area (Å²) in [5.41, 5.74) is 2.09. The van der Waals surface area contributed by atoms with Crippen molar-refractivity contribution < 1.29 is 9.53 Å². The largest absolute Gasteiger partial charge is 0.495 e. The molecular formula is C19H18ClN5O2S. The minimum atomic E-state index is -0.299. The van der Waals surface area contributed by atoms with Crippen molar-refractivity contribution in [1.29, 1.82) is 0 Å². The summed E-state index contributed by atoms with van der Waals surface area (Å²) >= 11 is 7.43. The predicted molar refractivity (Wildman–Crippen MR) is 112 cm³/mol. The first-order valence-corrected chi connectivity index (χ1v) is 9.57. The Labute approximate surface area is 171 Å². The van der Waals surface area contributed by atoms with Gasteiger partial charge in [0.2, 0.25) is 5.96 Å². The van der Waals surface area contributed by atoms with Gasteiger partial charge in [0.25, 0.3) is 11.9 Å². The summed E-state index contributed by atoms with van der Waals surface area (Å²) in [6.07, 6.45) is 0. The summed E-state index contributed by atoms with van der Waals surface area (Å²) in [6.45, 7) is 3.70. The number of carbonyl (C=O) groups excluding carboxylic acids is 1. The highest BCUT2D eigenvalue weighted by Gasteiger charge is 2.14. The van der Waals surface area contributed by atoms with Crippen LogP contribution in [-0.4, -0.2) is 28.9 Å². The molecule has 0 aliphatic heterocycles. The number of rotatable bonds is 4. The Kier molecular flexibility index (Phi) is 6.23. The molecule has 0 aliphatic carbocycles. The normalized spacial score (nSPS) is 11.2. The highest BCUT2D eigenvalue weighted by Crippen LogP contribution is 2.27. The molecule has 2 N–H and O–H groups in total. The van der Waals surface area contributed by atoms with Crippen LogP contribution >= 0.6 is 22.9 Å². The molecule has 0 saturated heterocycles. The van der Waals surface area contributed by atoms with E-state index in [1.807, 2.05) is 25.3 Å². The molecule has 144 valence electrons. The second kappa shape index (κ2) is 8.81. The van der Waals surface area contributed by atoms with Gasteiger partial charge in [0.1, 0.15) is 5.75 Å². The first-order chi connectivity index (χ1) is 13.4. The number of thiophene rings is 1. The van der Waals surface area contributed by atoms with Crippen molar-refractivity contribution >= 4 is 46.4 Å². The SMILES string of the molecule is COc1ccc(Cl)cc1N/C(=N/c1nc(C)cc(C)n1)NC(=O)c1cccs1. The molecule has 0 spiro atoms. The first-order valence-electron chi connectivity index (χ1n) is 8.31. The number of hydrogen-bond donors (Lipinski definition) is 2. The van der Waals surface area contributed by atoms with Crippen LogP contribution < -0.4 is 15.4 Å². The van der Waals surface area contributed by atoms with Crippen LogP contribution in [0.5, 0.6) is 5.75 Å². The number of anilines is 1. The molecule has 0 saturated carbocycles. The summed E-state index contributed by atoms with van der Waals surface area (Å²) in [5.74, 6) is 0.631. The Balaban J connectivity index is 1.97. The average molecular weight is 416 g/mol. The van der Waals surface area contributed by atoms with E-state index in [2.05, 4.69) is 25.6 Å². The third-order valence-corrected chi connectivity index (χ3v) is 4.68. The van der Waals surface area contributed by atoms with Crippen LogP contribution in [0, 0.1) is 13.8 Å². The van der Waals surface area contributed by atoms with Gasteiger partial charge < -0.3 is 10.1 Å². The fourth-order valence-electron chi connectivity index (χ4n) is 2.43. The molecule has 28 heavy (non-hydrogen) atoms. The molecular weight excluding hydrogens is 398 g/mol. The van der Waals surface area contributed by atoms with Gasteiger partial charge in [-0.15, -0.1) is 11.3 Å². The maximum Gasteiger partial charge on any atom is 0.268 e. The topological polar surface area (TPSA) is 88.5 Å². The van der Waals surface area contributed by atoms with Crippen molar-refractivity contribution in [3.05, 3.63) is 63.1 Å². The van der Waals surface area contributed by atoms with Gasteiger partial charge in [-0.05, 0) is 49.6 Å². The molecule has 7 nitrogen and oxygen atoms in total. The number of benzene rings is 1. The van der Waals surface area contributed by atoms with Gasteiger partial charge in [-0.25, -0.2) is 9.97 Å². The molecule has 0 aliphatic rings. The zero-order chi connectivity index (χ0) is 20.1. The van der Waals surface area contributed by atoms with Crippen LogP contribution in [0.25, 0.3) is 0 Å². The van der Waals surface area contributed by atoms with Crippen molar-refractivity contribution in [3.8, 4) is 5.75 Å². The van der Waals surface area contributed by atoms with E-state index in [0.29, 0.717) is 21.3 Å². The quantitative estimate of drug-likeness (QED) is 0.488. The predicted octanol–water partition coefficient (Wildman–Crippen LogP) is 4.35. The van der Waals surface area contributed by atoms with E-state index >= 15 is 0 Å². The Morgan fingerprint density at radius 2 is 1.93 bits per heavy atom. The van der Waals surface area contributed by atoms with Crippen LogP contribution in [0.4, 0.5) is 11.6 Å². The Morgan fingerprint density at radius 3 is 2.57 bits per heavy atom. The molecule has 0 fully saturated rings. The molecule has 3 rings (SSSR count). The van der Waals surface area contributed by atoms with Gasteiger partial charge >= 0.3 is 0 Å². The van der Waals surface area contributed by atoms with Crippen LogP contribution in [0.3, 0.4) is 0 Å². The molecule has 0 unspecified atom stereocenters. The van der Waals surface area contributed by atoms with E-state index in [1.54, 1.807) is 37.4 Å².